The topological polar surface area (TPSA) is 100 Å². The van der Waals surface area contributed by atoms with Crippen LogP contribution in [0.15, 0.2) is 30.9 Å². The molecule has 2 fully saturated rings. The summed E-state index contributed by atoms with van der Waals surface area (Å²) in [6.07, 6.45) is 7.70. The number of amides is 1. The molecule has 2 N–H and O–H groups in total. The van der Waals surface area contributed by atoms with Crippen LogP contribution in [0.5, 0.6) is 0 Å². The summed E-state index contributed by atoms with van der Waals surface area (Å²) >= 11 is 0. The summed E-state index contributed by atoms with van der Waals surface area (Å²) in [4.78, 5) is 31.3. The Morgan fingerprint density at radius 3 is 3.00 bits per heavy atom. The van der Waals surface area contributed by atoms with E-state index in [0.717, 1.165) is 12.1 Å². The standard InChI is InChI=1S/C19H21FN8O/c20-12-3-5-21-8-14(12)26-19-22-6-4-13(25-19)15-9-23-16-10-24-17(11-28(15)16)27-7-1-2-18(27)29/h4,6,9-12,14,21H,1-3,5,7-8H2,(H,22,25,26)/t12-,14-/m0/s1. The van der Waals surface area contributed by atoms with Gasteiger partial charge in [0.25, 0.3) is 0 Å². The van der Waals surface area contributed by atoms with Gasteiger partial charge in [-0.25, -0.2) is 24.3 Å². The van der Waals surface area contributed by atoms with Crippen molar-refractivity contribution in [1.29, 1.82) is 0 Å². The van der Waals surface area contributed by atoms with E-state index in [9.17, 15) is 9.18 Å². The molecule has 3 aromatic rings. The van der Waals surface area contributed by atoms with Crippen molar-refractivity contribution in [2.24, 2.45) is 0 Å². The lowest BCUT2D eigenvalue weighted by atomic mass is 10.1. The van der Waals surface area contributed by atoms with Crippen LogP contribution in [0.25, 0.3) is 17.0 Å². The molecule has 150 valence electrons. The molecule has 29 heavy (non-hydrogen) atoms. The van der Waals surface area contributed by atoms with E-state index in [0.29, 0.717) is 55.6 Å². The second-order valence-corrected chi connectivity index (χ2v) is 7.29. The molecule has 0 bridgehead atoms. The van der Waals surface area contributed by atoms with Gasteiger partial charge in [0, 0.05) is 25.7 Å². The Labute approximate surface area is 166 Å². The van der Waals surface area contributed by atoms with Gasteiger partial charge in [0.05, 0.1) is 36.0 Å². The van der Waals surface area contributed by atoms with Crippen molar-refractivity contribution in [1.82, 2.24) is 29.7 Å². The van der Waals surface area contributed by atoms with Crippen molar-refractivity contribution < 1.29 is 9.18 Å². The largest absolute Gasteiger partial charge is 0.347 e. The van der Waals surface area contributed by atoms with E-state index in [1.807, 2.05) is 4.40 Å². The Hall–Kier alpha value is -3.14. The number of rotatable bonds is 4. The second kappa shape index (κ2) is 7.36. The van der Waals surface area contributed by atoms with Gasteiger partial charge in [-0.3, -0.25) is 14.1 Å². The van der Waals surface area contributed by atoms with Crippen LogP contribution in [-0.2, 0) is 4.79 Å². The maximum Gasteiger partial charge on any atom is 0.228 e. The van der Waals surface area contributed by atoms with Gasteiger partial charge < -0.3 is 10.6 Å². The third-order valence-electron chi connectivity index (χ3n) is 5.36. The monoisotopic (exact) mass is 396 g/mol. The van der Waals surface area contributed by atoms with Crippen LogP contribution >= 0.6 is 0 Å². The molecule has 2 aliphatic heterocycles. The minimum absolute atomic E-state index is 0.0777. The molecule has 3 aromatic heterocycles. The fourth-order valence-electron chi connectivity index (χ4n) is 3.80. The summed E-state index contributed by atoms with van der Waals surface area (Å²) in [7, 11) is 0. The zero-order valence-electron chi connectivity index (χ0n) is 15.8. The molecule has 9 nitrogen and oxygen atoms in total. The van der Waals surface area contributed by atoms with E-state index in [-0.39, 0.29) is 11.9 Å². The first-order valence-electron chi connectivity index (χ1n) is 9.77. The molecule has 0 spiro atoms. The number of carbonyl (C=O) groups is 1. The summed E-state index contributed by atoms with van der Waals surface area (Å²) < 4.78 is 16.0. The predicted molar refractivity (Wildman–Crippen MR) is 105 cm³/mol. The number of nitrogens with zero attached hydrogens (tertiary/aromatic N) is 6. The number of piperidine rings is 1. The Morgan fingerprint density at radius 2 is 2.17 bits per heavy atom. The maximum atomic E-state index is 14.1. The zero-order chi connectivity index (χ0) is 19.8. The van der Waals surface area contributed by atoms with Crippen LogP contribution in [0.3, 0.4) is 0 Å². The highest BCUT2D eigenvalue weighted by Gasteiger charge is 2.26. The fourth-order valence-corrected chi connectivity index (χ4v) is 3.80. The minimum atomic E-state index is -0.939. The number of fused-ring (bicyclic) bond motifs is 1. The number of nitrogens with one attached hydrogen (secondary N) is 2. The predicted octanol–water partition coefficient (Wildman–Crippen LogP) is 1.42. The average molecular weight is 396 g/mol. The summed E-state index contributed by atoms with van der Waals surface area (Å²) in [6, 6.07) is 1.42. The van der Waals surface area contributed by atoms with Gasteiger partial charge in [-0.2, -0.15) is 0 Å². The van der Waals surface area contributed by atoms with Gasteiger partial charge in [-0.1, -0.05) is 0 Å². The molecule has 0 unspecified atom stereocenters. The van der Waals surface area contributed by atoms with Crippen LogP contribution in [0.2, 0.25) is 0 Å². The van der Waals surface area contributed by atoms with E-state index < -0.39 is 6.17 Å². The Kier molecular flexibility index (Phi) is 4.55. The first kappa shape index (κ1) is 17.9. The van der Waals surface area contributed by atoms with E-state index in [2.05, 4.69) is 30.6 Å². The van der Waals surface area contributed by atoms with Crippen molar-refractivity contribution in [2.45, 2.75) is 31.5 Å². The summed E-state index contributed by atoms with van der Waals surface area (Å²) in [5.41, 5.74) is 2.06. The van der Waals surface area contributed by atoms with Gasteiger partial charge in [0.2, 0.25) is 11.9 Å². The normalized spacial score (nSPS) is 22.4. The van der Waals surface area contributed by atoms with Crippen molar-refractivity contribution in [3.8, 4) is 11.4 Å². The maximum absolute atomic E-state index is 14.1. The van der Waals surface area contributed by atoms with E-state index in [1.54, 1.807) is 35.8 Å². The number of halogens is 1. The van der Waals surface area contributed by atoms with Gasteiger partial charge >= 0.3 is 0 Å². The molecule has 5 rings (SSSR count). The molecule has 0 aromatic carbocycles. The van der Waals surface area contributed by atoms with Gasteiger partial charge in [-0.05, 0) is 25.5 Å². The first-order chi connectivity index (χ1) is 14.2. The molecule has 0 aliphatic carbocycles. The third kappa shape index (κ3) is 3.39. The Morgan fingerprint density at radius 1 is 1.24 bits per heavy atom. The van der Waals surface area contributed by atoms with Crippen molar-refractivity contribution in [3.05, 3.63) is 30.9 Å². The number of anilines is 2. The van der Waals surface area contributed by atoms with Gasteiger partial charge in [-0.15, -0.1) is 0 Å². The van der Waals surface area contributed by atoms with Gasteiger partial charge in [0.15, 0.2) is 11.5 Å². The molecule has 0 radical (unpaired) electrons. The van der Waals surface area contributed by atoms with Crippen LogP contribution in [0.4, 0.5) is 16.2 Å². The summed E-state index contributed by atoms with van der Waals surface area (Å²) in [5.74, 6) is 1.05. The van der Waals surface area contributed by atoms with Crippen molar-refractivity contribution in [2.75, 3.05) is 29.9 Å². The van der Waals surface area contributed by atoms with Crippen LogP contribution in [-0.4, -0.2) is 62.1 Å². The number of aromatic nitrogens is 5. The fraction of sp³-hybridized carbons (Fsp3) is 0.421. The molecular formula is C19H21FN8O. The van der Waals surface area contributed by atoms with Crippen LogP contribution in [0, 0.1) is 0 Å². The molecule has 10 heteroatoms. The highest BCUT2D eigenvalue weighted by molar-refractivity contribution is 5.94. The van der Waals surface area contributed by atoms with E-state index in [1.165, 1.54) is 0 Å². The molecule has 2 aliphatic rings. The smallest absolute Gasteiger partial charge is 0.228 e. The lowest BCUT2D eigenvalue weighted by Gasteiger charge is -2.27. The molecular weight excluding hydrogens is 375 g/mol. The Balaban J connectivity index is 1.46. The molecule has 2 saturated heterocycles. The van der Waals surface area contributed by atoms with Crippen LogP contribution < -0.4 is 15.5 Å². The molecule has 1 amide bonds. The average Bonchev–Trinajstić information content (AvgIpc) is 3.35. The highest BCUT2D eigenvalue weighted by Crippen LogP contribution is 2.24. The van der Waals surface area contributed by atoms with E-state index in [4.69, 9.17) is 0 Å². The van der Waals surface area contributed by atoms with E-state index >= 15 is 0 Å². The molecule has 0 saturated carbocycles. The number of hydrogen-bond donors (Lipinski definition) is 2. The molecule has 5 heterocycles. The van der Waals surface area contributed by atoms with Crippen molar-refractivity contribution >= 4 is 23.3 Å². The summed E-state index contributed by atoms with van der Waals surface area (Å²) in [6.45, 7) is 1.88. The van der Waals surface area contributed by atoms with Crippen LogP contribution in [0.1, 0.15) is 19.3 Å². The third-order valence-corrected chi connectivity index (χ3v) is 5.36. The Bertz CT molecular complexity index is 1050. The number of imidazole rings is 1. The highest BCUT2D eigenvalue weighted by atomic mass is 19.1. The molecule has 2 atom stereocenters. The number of carbonyl (C=O) groups excluding carboxylic acids is 1. The quantitative estimate of drug-likeness (QED) is 0.688. The zero-order valence-corrected chi connectivity index (χ0v) is 15.8. The summed E-state index contributed by atoms with van der Waals surface area (Å²) in [5, 5.41) is 6.27. The number of hydrogen-bond acceptors (Lipinski definition) is 7. The second-order valence-electron chi connectivity index (χ2n) is 7.29. The lowest BCUT2D eigenvalue weighted by molar-refractivity contribution is -0.117. The number of alkyl halides is 1. The van der Waals surface area contributed by atoms with Gasteiger partial charge in [0.1, 0.15) is 6.17 Å². The SMILES string of the molecule is O=C1CCCN1c1cn2c(-c3ccnc(N[C@H]4CNCC[C@@H]4F)n3)cnc2cn1. The first-order valence-corrected chi connectivity index (χ1v) is 9.77. The van der Waals surface area contributed by atoms with Crippen molar-refractivity contribution in [3.63, 3.8) is 0 Å². The lowest BCUT2D eigenvalue weighted by Crippen LogP contribution is -2.46. The minimum Gasteiger partial charge on any atom is -0.347 e.